The van der Waals surface area contributed by atoms with Gasteiger partial charge < -0.3 is 15.0 Å². The zero-order valence-corrected chi connectivity index (χ0v) is 11.8. The van der Waals surface area contributed by atoms with Gasteiger partial charge in [0.15, 0.2) is 0 Å². The van der Waals surface area contributed by atoms with Crippen LogP contribution in [0, 0.1) is 12.8 Å². The fraction of sp³-hybridized carbons (Fsp3) is 0.500. The molecule has 0 aliphatic carbocycles. The molecule has 2 heterocycles. The fourth-order valence-corrected chi connectivity index (χ4v) is 2.14. The van der Waals surface area contributed by atoms with Gasteiger partial charge in [-0.05, 0) is 18.6 Å². The molecule has 108 valence electrons. The first-order valence-corrected chi connectivity index (χ1v) is 6.60. The minimum atomic E-state index is -0.317. The standard InChI is InChI=1S/C14H19N3O3/c1-10-3-4-12(15-8-10)16-14(19)11-7-13(18)17(9-11)5-6-20-2/h3-4,8,11H,5-7,9H2,1-2H3,(H,15,16,19). The van der Waals surface area contributed by atoms with Gasteiger partial charge >= 0.3 is 0 Å². The molecule has 0 aromatic carbocycles. The molecule has 1 saturated heterocycles. The van der Waals surface area contributed by atoms with Crippen molar-refractivity contribution in [3.63, 3.8) is 0 Å². The lowest BCUT2D eigenvalue weighted by molar-refractivity contribution is -0.128. The highest BCUT2D eigenvalue weighted by molar-refractivity contribution is 5.96. The van der Waals surface area contributed by atoms with Crippen LogP contribution in [0.2, 0.25) is 0 Å². The zero-order chi connectivity index (χ0) is 14.5. The molecule has 1 unspecified atom stereocenters. The summed E-state index contributed by atoms with van der Waals surface area (Å²) in [5.74, 6) is 0.0412. The molecule has 20 heavy (non-hydrogen) atoms. The van der Waals surface area contributed by atoms with E-state index in [1.54, 1.807) is 24.3 Å². The summed E-state index contributed by atoms with van der Waals surface area (Å²) in [7, 11) is 1.59. The number of aromatic nitrogens is 1. The number of anilines is 1. The van der Waals surface area contributed by atoms with E-state index >= 15 is 0 Å². The van der Waals surface area contributed by atoms with Crippen molar-refractivity contribution >= 4 is 17.6 Å². The average Bonchev–Trinajstić information content (AvgIpc) is 2.80. The summed E-state index contributed by atoms with van der Waals surface area (Å²) < 4.78 is 4.95. The van der Waals surface area contributed by atoms with Gasteiger partial charge in [-0.25, -0.2) is 4.98 Å². The minimum absolute atomic E-state index is 0.000865. The van der Waals surface area contributed by atoms with Gasteiger partial charge in [0, 0.05) is 32.8 Å². The van der Waals surface area contributed by atoms with Gasteiger partial charge in [-0.15, -0.1) is 0 Å². The third kappa shape index (κ3) is 3.54. The number of nitrogens with zero attached hydrogens (tertiary/aromatic N) is 2. The number of pyridine rings is 1. The number of methoxy groups -OCH3 is 1. The highest BCUT2D eigenvalue weighted by Crippen LogP contribution is 2.19. The third-order valence-corrected chi connectivity index (χ3v) is 3.31. The number of ether oxygens (including phenoxy) is 1. The summed E-state index contributed by atoms with van der Waals surface area (Å²) in [5.41, 5.74) is 1.03. The Bertz CT molecular complexity index is 487. The predicted molar refractivity (Wildman–Crippen MR) is 74.2 cm³/mol. The van der Waals surface area contributed by atoms with E-state index in [4.69, 9.17) is 4.74 Å². The highest BCUT2D eigenvalue weighted by Gasteiger charge is 2.34. The van der Waals surface area contributed by atoms with Crippen molar-refractivity contribution in [3.8, 4) is 0 Å². The Morgan fingerprint density at radius 1 is 1.55 bits per heavy atom. The van der Waals surface area contributed by atoms with E-state index < -0.39 is 0 Å². The minimum Gasteiger partial charge on any atom is -0.383 e. The Balaban J connectivity index is 1.90. The molecule has 6 heteroatoms. The molecule has 2 amide bonds. The number of rotatable bonds is 5. The van der Waals surface area contributed by atoms with Crippen LogP contribution in [0.3, 0.4) is 0 Å². The fourth-order valence-electron chi connectivity index (χ4n) is 2.14. The van der Waals surface area contributed by atoms with Crippen LogP contribution >= 0.6 is 0 Å². The topological polar surface area (TPSA) is 71.5 Å². The second-order valence-electron chi connectivity index (χ2n) is 4.94. The largest absolute Gasteiger partial charge is 0.383 e. The van der Waals surface area contributed by atoms with E-state index in [1.165, 1.54) is 0 Å². The zero-order valence-electron chi connectivity index (χ0n) is 11.8. The summed E-state index contributed by atoms with van der Waals surface area (Å²) in [6.07, 6.45) is 1.95. The van der Waals surface area contributed by atoms with Crippen LogP contribution in [0.25, 0.3) is 0 Å². The lowest BCUT2D eigenvalue weighted by atomic mass is 10.1. The molecule has 6 nitrogen and oxygen atoms in total. The monoisotopic (exact) mass is 277 g/mol. The van der Waals surface area contributed by atoms with Crippen LogP contribution < -0.4 is 5.32 Å². The van der Waals surface area contributed by atoms with E-state index in [0.717, 1.165) is 5.56 Å². The van der Waals surface area contributed by atoms with Gasteiger partial charge in [0.25, 0.3) is 0 Å². The lowest BCUT2D eigenvalue weighted by Crippen LogP contribution is -2.30. The first-order chi connectivity index (χ1) is 9.60. The van der Waals surface area contributed by atoms with Crippen molar-refractivity contribution in [2.45, 2.75) is 13.3 Å². The van der Waals surface area contributed by atoms with E-state index in [9.17, 15) is 9.59 Å². The lowest BCUT2D eigenvalue weighted by Gasteiger charge is -2.15. The quantitative estimate of drug-likeness (QED) is 0.865. The molecular weight excluding hydrogens is 258 g/mol. The Morgan fingerprint density at radius 3 is 3.00 bits per heavy atom. The average molecular weight is 277 g/mol. The number of nitrogens with one attached hydrogen (secondary N) is 1. The molecule has 1 atom stereocenters. The molecule has 2 rings (SSSR count). The Hall–Kier alpha value is -1.95. The van der Waals surface area contributed by atoms with E-state index in [-0.39, 0.29) is 24.2 Å². The normalized spacial score (nSPS) is 18.4. The molecular formula is C14H19N3O3. The maximum atomic E-state index is 12.1. The molecule has 1 aliphatic heterocycles. The molecule has 0 bridgehead atoms. The van der Waals surface area contributed by atoms with Crippen LogP contribution in [0.4, 0.5) is 5.82 Å². The number of amides is 2. The maximum absolute atomic E-state index is 12.1. The first kappa shape index (κ1) is 14.5. The summed E-state index contributed by atoms with van der Waals surface area (Å²) in [6, 6.07) is 3.64. The van der Waals surface area contributed by atoms with Crippen LogP contribution in [0.15, 0.2) is 18.3 Å². The van der Waals surface area contributed by atoms with Gasteiger partial charge in [0.1, 0.15) is 5.82 Å². The molecule has 0 spiro atoms. The summed E-state index contributed by atoms with van der Waals surface area (Å²) in [5, 5.41) is 2.75. The molecule has 0 radical (unpaired) electrons. The number of carbonyl (C=O) groups is 2. The van der Waals surface area contributed by atoms with Crippen LogP contribution in [0.5, 0.6) is 0 Å². The second-order valence-corrected chi connectivity index (χ2v) is 4.94. The number of aryl methyl sites for hydroxylation is 1. The summed E-state index contributed by atoms with van der Waals surface area (Å²) in [6.45, 7) is 3.39. The molecule has 1 aliphatic rings. The number of carbonyl (C=O) groups excluding carboxylic acids is 2. The van der Waals surface area contributed by atoms with Gasteiger partial charge in [0.2, 0.25) is 11.8 Å². The number of hydrogen-bond donors (Lipinski definition) is 1. The molecule has 1 aromatic rings. The highest BCUT2D eigenvalue weighted by atomic mass is 16.5. The van der Waals surface area contributed by atoms with Crippen molar-refractivity contribution in [3.05, 3.63) is 23.9 Å². The summed E-state index contributed by atoms with van der Waals surface area (Å²) in [4.78, 5) is 29.7. The van der Waals surface area contributed by atoms with Crippen molar-refractivity contribution < 1.29 is 14.3 Å². The maximum Gasteiger partial charge on any atom is 0.230 e. The van der Waals surface area contributed by atoms with Crippen molar-refractivity contribution in [1.82, 2.24) is 9.88 Å². The smallest absolute Gasteiger partial charge is 0.230 e. The number of hydrogen-bond acceptors (Lipinski definition) is 4. The van der Waals surface area contributed by atoms with Crippen molar-refractivity contribution in [2.75, 3.05) is 32.1 Å². The summed E-state index contributed by atoms with van der Waals surface area (Å²) >= 11 is 0. The van der Waals surface area contributed by atoms with Gasteiger partial charge in [-0.3, -0.25) is 9.59 Å². The SMILES string of the molecule is COCCN1CC(C(=O)Nc2ccc(C)cn2)CC1=O. The Labute approximate surface area is 118 Å². The van der Waals surface area contributed by atoms with E-state index in [0.29, 0.717) is 25.5 Å². The van der Waals surface area contributed by atoms with Gasteiger partial charge in [-0.1, -0.05) is 6.07 Å². The van der Waals surface area contributed by atoms with Gasteiger partial charge in [-0.2, -0.15) is 0 Å². The Morgan fingerprint density at radius 2 is 2.35 bits per heavy atom. The van der Waals surface area contributed by atoms with Crippen LogP contribution in [-0.2, 0) is 14.3 Å². The van der Waals surface area contributed by atoms with E-state index in [1.807, 2.05) is 13.0 Å². The van der Waals surface area contributed by atoms with E-state index in [2.05, 4.69) is 10.3 Å². The molecule has 1 N–H and O–H groups in total. The Kier molecular flexibility index (Phi) is 4.68. The van der Waals surface area contributed by atoms with Gasteiger partial charge in [0.05, 0.1) is 12.5 Å². The van der Waals surface area contributed by atoms with Crippen LogP contribution in [-0.4, -0.2) is 48.5 Å². The van der Waals surface area contributed by atoms with Crippen molar-refractivity contribution in [1.29, 1.82) is 0 Å². The first-order valence-electron chi connectivity index (χ1n) is 6.60. The second kappa shape index (κ2) is 6.47. The molecule has 1 aromatic heterocycles. The van der Waals surface area contributed by atoms with Crippen molar-refractivity contribution in [2.24, 2.45) is 5.92 Å². The van der Waals surface area contributed by atoms with Crippen LogP contribution in [0.1, 0.15) is 12.0 Å². The third-order valence-electron chi connectivity index (χ3n) is 3.31. The predicted octanol–water partition coefficient (Wildman–Crippen LogP) is 0.823. The molecule has 0 saturated carbocycles. The number of likely N-dealkylation sites (tertiary alicyclic amines) is 1. The molecule has 1 fully saturated rings.